The molecule has 0 saturated carbocycles. The molecule has 1 heteroatoms. The number of halogens is 1. The topological polar surface area (TPSA) is 0 Å². The van der Waals surface area contributed by atoms with Crippen LogP contribution in [0.3, 0.4) is 0 Å². The van der Waals surface area contributed by atoms with Gasteiger partial charge in [0, 0.05) is 17.2 Å². The van der Waals surface area contributed by atoms with Gasteiger partial charge in [0.15, 0.2) is 0 Å². The summed E-state index contributed by atoms with van der Waals surface area (Å²) in [5, 5.41) is 0.241. The van der Waals surface area contributed by atoms with Crippen molar-refractivity contribution >= 4 is 11.6 Å². The van der Waals surface area contributed by atoms with Crippen molar-refractivity contribution in [2.24, 2.45) is 5.41 Å². The lowest BCUT2D eigenvalue weighted by atomic mass is 9.97. The first kappa shape index (κ1) is 11.8. The maximum Gasteiger partial charge on any atom is 0.0445 e. The maximum absolute atomic E-state index is 6.01. The van der Waals surface area contributed by atoms with E-state index in [0.717, 1.165) is 19.3 Å². The van der Waals surface area contributed by atoms with E-state index in [1.807, 2.05) is 0 Å². The quantitative estimate of drug-likeness (QED) is 0.464. The van der Waals surface area contributed by atoms with E-state index in [4.69, 9.17) is 11.6 Å². The van der Waals surface area contributed by atoms with Crippen LogP contribution in [0.4, 0.5) is 0 Å². The zero-order valence-electron chi connectivity index (χ0n) is 8.58. The van der Waals surface area contributed by atoms with Crippen LogP contribution < -0.4 is 0 Å². The summed E-state index contributed by atoms with van der Waals surface area (Å²) in [5.74, 6) is 6.30. The van der Waals surface area contributed by atoms with Gasteiger partial charge in [-0.15, -0.1) is 17.5 Å². The van der Waals surface area contributed by atoms with Crippen molar-refractivity contribution in [3.8, 4) is 11.8 Å². The minimum atomic E-state index is 0.114. The summed E-state index contributed by atoms with van der Waals surface area (Å²) in [7, 11) is 0. The van der Waals surface area contributed by atoms with E-state index >= 15 is 0 Å². The number of hydrogen-bond donors (Lipinski definition) is 0. The molecule has 0 spiro atoms. The molecule has 0 fully saturated rings. The van der Waals surface area contributed by atoms with E-state index < -0.39 is 0 Å². The van der Waals surface area contributed by atoms with Gasteiger partial charge in [-0.05, 0) is 27.2 Å². The molecule has 0 heterocycles. The van der Waals surface area contributed by atoms with Gasteiger partial charge in [0.1, 0.15) is 0 Å². The molecule has 0 aromatic carbocycles. The molecular formula is C11H19Cl. The van der Waals surface area contributed by atoms with Crippen molar-refractivity contribution < 1.29 is 0 Å². The molecule has 12 heavy (non-hydrogen) atoms. The van der Waals surface area contributed by atoms with Crippen molar-refractivity contribution in [1.29, 1.82) is 0 Å². The molecule has 0 aliphatic carbocycles. The van der Waals surface area contributed by atoms with Gasteiger partial charge in [-0.2, -0.15) is 0 Å². The second kappa shape index (κ2) is 5.49. The minimum absolute atomic E-state index is 0.114. The van der Waals surface area contributed by atoms with Crippen LogP contribution in [0.25, 0.3) is 0 Å². The van der Waals surface area contributed by atoms with Crippen LogP contribution in [0.2, 0.25) is 0 Å². The first-order valence-corrected chi connectivity index (χ1v) is 5.03. The van der Waals surface area contributed by atoms with E-state index in [-0.39, 0.29) is 10.8 Å². The molecule has 1 atom stereocenters. The van der Waals surface area contributed by atoms with E-state index in [9.17, 15) is 0 Å². The molecular weight excluding hydrogens is 168 g/mol. The lowest BCUT2D eigenvalue weighted by molar-refractivity contribution is 0.569. The van der Waals surface area contributed by atoms with E-state index in [1.54, 1.807) is 0 Å². The van der Waals surface area contributed by atoms with Crippen LogP contribution in [0.1, 0.15) is 47.0 Å². The Hall–Kier alpha value is -0.150. The normalized spacial score (nSPS) is 13.4. The van der Waals surface area contributed by atoms with Crippen molar-refractivity contribution in [1.82, 2.24) is 0 Å². The van der Waals surface area contributed by atoms with E-state index in [1.165, 1.54) is 0 Å². The summed E-state index contributed by atoms with van der Waals surface area (Å²) >= 11 is 6.01. The number of rotatable bonds is 3. The highest BCUT2D eigenvalue weighted by Crippen LogP contribution is 2.12. The fourth-order valence-electron chi connectivity index (χ4n) is 0.842. The average molecular weight is 187 g/mol. The first-order valence-electron chi connectivity index (χ1n) is 4.60. The van der Waals surface area contributed by atoms with Crippen LogP contribution >= 0.6 is 11.6 Å². The zero-order valence-corrected chi connectivity index (χ0v) is 9.33. The molecule has 0 saturated heterocycles. The Kier molecular flexibility index (Phi) is 5.42. The highest BCUT2D eigenvalue weighted by Gasteiger charge is 2.04. The van der Waals surface area contributed by atoms with Crippen molar-refractivity contribution in [3.05, 3.63) is 0 Å². The third-order valence-corrected chi connectivity index (χ3v) is 1.76. The number of hydrogen-bond acceptors (Lipinski definition) is 0. The van der Waals surface area contributed by atoms with Crippen LogP contribution in [0, 0.1) is 17.3 Å². The van der Waals surface area contributed by atoms with Crippen molar-refractivity contribution in [3.63, 3.8) is 0 Å². The van der Waals surface area contributed by atoms with Gasteiger partial charge >= 0.3 is 0 Å². The Morgan fingerprint density at radius 3 is 2.33 bits per heavy atom. The molecule has 0 aromatic heterocycles. The predicted octanol–water partition coefficient (Wildman–Crippen LogP) is 3.83. The van der Waals surface area contributed by atoms with Crippen LogP contribution in [0.5, 0.6) is 0 Å². The standard InChI is InChI=1S/C11H19Cl/c1-5-7-10(12)8-6-9-11(2,3)4/h10H,5,7-8H2,1-4H3. The summed E-state index contributed by atoms with van der Waals surface area (Å²) < 4.78 is 0. The van der Waals surface area contributed by atoms with E-state index in [0.29, 0.717) is 0 Å². The van der Waals surface area contributed by atoms with Crippen LogP contribution in [0.15, 0.2) is 0 Å². The van der Waals surface area contributed by atoms with Gasteiger partial charge in [-0.25, -0.2) is 0 Å². The first-order chi connectivity index (χ1) is 5.45. The lowest BCUT2D eigenvalue weighted by Gasteiger charge is -2.07. The summed E-state index contributed by atoms with van der Waals surface area (Å²) in [6, 6.07) is 0. The smallest absolute Gasteiger partial charge is 0.0445 e. The molecule has 0 bridgehead atoms. The molecule has 0 aliphatic heterocycles. The minimum Gasteiger partial charge on any atom is -0.122 e. The third kappa shape index (κ3) is 7.95. The van der Waals surface area contributed by atoms with Gasteiger partial charge in [0.25, 0.3) is 0 Å². The molecule has 0 amide bonds. The van der Waals surface area contributed by atoms with Gasteiger partial charge < -0.3 is 0 Å². The molecule has 0 aliphatic rings. The Morgan fingerprint density at radius 2 is 1.92 bits per heavy atom. The summed E-state index contributed by atoms with van der Waals surface area (Å²) in [5.41, 5.74) is 0.114. The summed E-state index contributed by atoms with van der Waals surface area (Å²) in [4.78, 5) is 0. The van der Waals surface area contributed by atoms with Crippen molar-refractivity contribution in [2.45, 2.75) is 52.3 Å². The molecule has 1 unspecified atom stereocenters. The molecule has 0 nitrogen and oxygen atoms in total. The Labute approximate surface area is 81.7 Å². The monoisotopic (exact) mass is 186 g/mol. The summed E-state index contributed by atoms with van der Waals surface area (Å²) in [6.45, 7) is 8.49. The Balaban J connectivity index is 3.71. The highest BCUT2D eigenvalue weighted by atomic mass is 35.5. The largest absolute Gasteiger partial charge is 0.122 e. The maximum atomic E-state index is 6.01. The molecule has 0 aromatic rings. The molecule has 0 rings (SSSR count). The lowest BCUT2D eigenvalue weighted by Crippen LogP contribution is -2.01. The van der Waals surface area contributed by atoms with Crippen molar-refractivity contribution in [2.75, 3.05) is 0 Å². The zero-order chi connectivity index (χ0) is 9.61. The average Bonchev–Trinajstić information content (AvgIpc) is 1.84. The molecule has 70 valence electrons. The van der Waals surface area contributed by atoms with Gasteiger partial charge in [0.05, 0.1) is 0 Å². The van der Waals surface area contributed by atoms with Gasteiger partial charge in [-0.3, -0.25) is 0 Å². The van der Waals surface area contributed by atoms with Gasteiger partial charge in [0.2, 0.25) is 0 Å². The fraction of sp³-hybridized carbons (Fsp3) is 0.818. The second-order valence-corrected chi connectivity index (χ2v) is 4.76. The molecule has 0 radical (unpaired) electrons. The molecule has 0 N–H and O–H groups in total. The van der Waals surface area contributed by atoms with Crippen LogP contribution in [-0.2, 0) is 0 Å². The highest BCUT2D eigenvalue weighted by molar-refractivity contribution is 6.20. The fourth-order valence-corrected chi connectivity index (χ4v) is 1.14. The third-order valence-electron chi connectivity index (χ3n) is 1.39. The number of alkyl halides is 1. The predicted molar refractivity (Wildman–Crippen MR) is 56.4 cm³/mol. The SMILES string of the molecule is CCCC(Cl)CC#CC(C)(C)C. The second-order valence-electron chi connectivity index (χ2n) is 4.14. The van der Waals surface area contributed by atoms with Crippen LogP contribution in [-0.4, -0.2) is 5.38 Å². The Bertz CT molecular complexity index is 166. The Morgan fingerprint density at radius 1 is 1.33 bits per heavy atom. The van der Waals surface area contributed by atoms with Gasteiger partial charge in [-0.1, -0.05) is 19.3 Å². The van der Waals surface area contributed by atoms with E-state index in [2.05, 4.69) is 39.5 Å². The summed E-state index contributed by atoms with van der Waals surface area (Å²) in [6.07, 6.45) is 3.04.